The van der Waals surface area contributed by atoms with Crippen molar-refractivity contribution in [3.63, 3.8) is 0 Å². The van der Waals surface area contributed by atoms with Gasteiger partial charge < -0.3 is 0 Å². The summed E-state index contributed by atoms with van der Waals surface area (Å²) >= 11 is 12.4. The van der Waals surface area contributed by atoms with E-state index in [0.717, 1.165) is 67.1 Å². The van der Waals surface area contributed by atoms with Crippen molar-refractivity contribution in [2.75, 3.05) is 0 Å². The number of aromatic nitrogens is 4. The van der Waals surface area contributed by atoms with E-state index in [-0.39, 0.29) is 0 Å². The van der Waals surface area contributed by atoms with E-state index in [1.807, 2.05) is 121 Å². The molecule has 0 amide bonds. The Morgan fingerprint density at radius 3 is 0.900 bits per heavy atom. The third-order valence-corrected chi connectivity index (χ3v) is 7.28. The summed E-state index contributed by atoms with van der Waals surface area (Å²) in [6, 6.07) is 39.5. The average molecular weight is 555 g/mol. The SMILES string of the molecule is Clc1ccc(-c2nc3cc4nc(-c5ccc(Cl)cc5)c(-c5ccccc5)nc4cc3nc2-c2ccccc2)cc1. The second-order valence-corrected chi connectivity index (χ2v) is 10.3. The lowest BCUT2D eigenvalue weighted by atomic mass is 10.0. The summed E-state index contributed by atoms with van der Waals surface area (Å²) in [5.41, 5.74) is 9.95. The van der Waals surface area contributed by atoms with Gasteiger partial charge in [-0.25, -0.2) is 19.9 Å². The van der Waals surface area contributed by atoms with E-state index in [2.05, 4.69) is 0 Å². The van der Waals surface area contributed by atoms with Crippen LogP contribution in [0.2, 0.25) is 10.0 Å². The lowest BCUT2D eigenvalue weighted by Gasteiger charge is -2.13. The molecule has 0 N–H and O–H groups in total. The van der Waals surface area contributed by atoms with E-state index < -0.39 is 0 Å². The Bertz CT molecular complexity index is 1850. The summed E-state index contributed by atoms with van der Waals surface area (Å²) in [7, 11) is 0. The molecule has 0 saturated heterocycles. The zero-order chi connectivity index (χ0) is 27.1. The normalized spacial score (nSPS) is 11.2. The standard InChI is InChI=1S/C34H20Cl2N4/c35-25-15-11-23(12-16-25)33-31(21-7-3-1-4-8-21)37-27-19-28-30(20-29(27)39-33)40-34(24-13-17-26(36)18-14-24)32(38-28)22-9-5-2-6-10-22/h1-20H. The predicted molar refractivity (Wildman–Crippen MR) is 164 cm³/mol. The molecule has 2 heterocycles. The Balaban J connectivity index is 1.50. The highest BCUT2D eigenvalue weighted by Gasteiger charge is 2.17. The van der Waals surface area contributed by atoms with Gasteiger partial charge in [-0.05, 0) is 36.4 Å². The van der Waals surface area contributed by atoms with Crippen LogP contribution in [0.1, 0.15) is 0 Å². The molecule has 6 heteroatoms. The first-order valence-electron chi connectivity index (χ1n) is 12.8. The molecule has 7 aromatic rings. The third kappa shape index (κ3) is 4.58. The van der Waals surface area contributed by atoms with Crippen LogP contribution in [0.5, 0.6) is 0 Å². The highest BCUT2D eigenvalue weighted by atomic mass is 35.5. The Labute approximate surface area is 241 Å². The van der Waals surface area contributed by atoms with Crippen molar-refractivity contribution in [1.82, 2.24) is 19.9 Å². The largest absolute Gasteiger partial charge is 0.244 e. The van der Waals surface area contributed by atoms with Crippen LogP contribution in [0, 0.1) is 0 Å². The van der Waals surface area contributed by atoms with Crippen molar-refractivity contribution in [3.8, 4) is 45.0 Å². The van der Waals surface area contributed by atoms with Crippen molar-refractivity contribution in [2.45, 2.75) is 0 Å². The molecular formula is C34H20Cl2N4. The van der Waals surface area contributed by atoms with Gasteiger partial charge in [-0.1, -0.05) is 108 Å². The first-order valence-corrected chi connectivity index (χ1v) is 13.5. The summed E-state index contributed by atoms with van der Waals surface area (Å²) < 4.78 is 0. The first-order chi connectivity index (χ1) is 19.6. The fourth-order valence-electron chi connectivity index (χ4n) is 4.82. The van der Waals surface area contributed by atoms with Crippen LogP contribution < -0.4 is 0 Å². The van der Waals surface area contributed by atoms with Crippen LogP contribution in [0.15, 0.2) is 121 Å². The van der Waals surface area contributed by atoms with E-state index in [1.165, 1.54) is 0 Å². The smallest absolute Gasteiger partial charge is 0.0973 e. The lowest BCUT2D eigenvalue weighted by Crippen LogP contribution is -1.99. The number of rotatable bonds is 4. The van der Waals surface area contributed by atoms with Gasteiger partial charge in [-0.2, -0.15) is 0 Å². The summed E-state index contributed by atoms with van der Waals surface area (Å²) in [4.78, 5) is 20.4. The zero-order valence-corrected chi connectivity index (χ0v) is 22.6. The topological polar surface area (TPSA) is 51.6 Å². The van der Waals surface area contributed by atoms with E-state index >= 15 is 0 Å². The molecule has 190 valence electrons. The minimum absolute atomic E-state index is 0.670. The molecular weight excluding hydrogens is 535 g/mol. The van der Waals surface area contributed by atoms with Crippen molar-refractivity contribution >= 4 is 45.3 Å². The van der Waals surface area contributed by atoms with Crippen LogP contribution in [0.25, 0.3) is 67.1 Å². The second-order valence-electron chi connectivity index (χ2n) is 9.42. The molecule has 7 rings (SSSR count). The molecule has 0 unspecified atom stereocenters. The fourth-order valence-corrected chi connectivity index (χ4v) is 5.07. The highest BCUT2D eigenvalue weighted by molar-refractivity contribution is 6.31. The van der Waals surface area contributed by atoms with Gasteiger partial charge in [-0.3, -0.25) is 0 Å². The minimum atomic E-state index is 0.670. The van der Waals surface area contributed by atoms with Crippen molar-refractivity contribution < 1.29 is 0 Å². The van der Waals surface area contributed by atoms with E-state index in [0.29, 0.717) is 10.0 Å². The number of hydrogen-bond acceptors (Lipinski definition) is 4. The molecule has 0 atom stereocenters. The van der Waals surface area contributed by atoms with Crippen LogP contribution in [-0.2, 0) is 0 Å². The Morgan fingerprint density at radius 2 is 0.600 bits per heavy atom. The first kappa shape index (κ1) is 24.4. The molecule has 0 fully saturated rings. The monoisotopic (exact) mass is 554 g/mol. The molecule has 4 nitrogen and oxygen atoms in total. The summed E-state index contributed by atoms with van der Waals surface area (Å²) in [6.07, 6.45) is 0. The van der Waals surface area contributed by atoms with Gasteiger partial charge in [0.2, 0.25) is 0 Å². The number of nitrogens with zero attached hydrogens (tertiary/aromatic N) is 4. The maximum atomic E-state index is 6.19. The summed E-state index contributed by atoms with van der Waals surface area (Å²) in [6.45, 7) is 0. The molecule has 0 aliphatic rings. The van der Waals surface area contributed by atoms with Crippen molar-refractivity contribution in [3.05, 3.63) is 131 Å². The van der Waals surface area contributed by atoms with Gasteiger partial charge in [0.1, 0.15) is 0 Å². The number of halogens is 2. The Morgan fingerprint density at radius 1 is 0.325 bits per heavy atom. The molecule has 5 aromatic carbocycles. The minimum Gasteiger partial charge on any atom is -0.244 e. The average Bonchev–Trinajstić information content (AvgIpc) is 3.00. The van der Waals surface area contributed by atoms with E-state index in [9.17, 15) is 0 Å². The third-order valence-electron chi connectivity index (χ3n) is 6.78. The molecule has 0 aliphatic carbocycles. The van der Waals surface area contributed by atoms with Crippen LogP contribution in [0.4, 0.5) is 0 Å². The quantitative estimate of drug-likeness (QED) is 0.203. The van der Waals surface area contributed by atoms with Crippen molar-refractivity contribution in [2.24, 2.45) is 0 Å². The fraction of sp³-hybridized carbons (Fsp3) is 0. The van der Waals surface area contributed by atoms with E-state index in [1.54, 1.807) is 0 Å². The molecule has 0 bridgehead atoms. The highest BCUT2D eigenvalue weighted by Crippen LogP contribution is 2.35. The van der Waals surface area contributed by atoms with Gasteiger partial charge in [-0.15, -0.1) is 0 Å². The van der Waals surface area contributed by atoms with Crippen LogP contribution >= 0.6 is 23.2 Å². The number of hydrogen-bond donors (Lipinski definition) is 0. The number of benzene rings is 5. The zero-order valence-electron chi connectivity index (χ0n) is 21.1. The Hall–Kier alpha value is -4.64. The molecule has 0 saturated carbocycles. The van der Waals surface area contributed by atoms with Gasteiger partial charge >= 0.3 is 0 Å². The second kappa shape index (κ2) is 10.2. The maximum absolute atomic E-state index is 6.19. The summed E-state index contributed by atoms with van der Waals surface area (Å²) in [5, 5.41) is 1.34. The van der Waals surface area contributed by atoms with E-state index in [4.69, 9.17) is 43.1 Å². The Kier molecular flexibility index (Phi) is 6.20. The van der Waals surface area contributed by atoms with Gasteiger partial charge in [0.15, 0.2) is 0 Å². The van der Waals surface area contributed by atoms with Crippen LogP contribution in [-0.4, -0.2) is 19.9 Å². The molecule has 0 aliphatic heterocycles. The predicted octanol–water partition coefficient (Wildman–Crippen LogP) is 9.55. The van der Waals surface area contributed by atoms with Gasteiger partial charge in [0, 0.05) is 32.3 Å². The van der Waals surface area contributed by atoms with Gasteiger partial charge in [0.05, 0.1) is 44.8 Å². The maximum Gasteiger partial charge on any atom is 0.0973 e. The lowest BCUT2D eigenvalue weighted by molar-refractivity contribution is 1.27. The molecule has 40 heavy (non-hydrogen) atoms. The molecule has 0 spiro atoms. The molecule has 2 aromatic heterocycles. The van der Waals surface area contributed by atoms with Crippen LogP contribution in [0.3, 0.4) is 0 Å². The van der Waals surface area contributed by atoms with Crippen molar-refractivity contribution in [1.29, 1.82) is 0 Å². The van der Waals surface area contributed by atoms with Gasteiger partial charge in [0.25, 0.3) is 0 Å². The summed E-state index contributed by atoms with van der Waals surface area (Å²) in [5.74, 6) is 0. The number of fused-ring (bicyclic) bond motifs is 2. The molecule has 0 radical (unpaired) electrons.